The third kappa shape index (κ3) is 3.54. The molecule has 0 spiro atoms. The van der Waals surface area contributed by atoms with Gasteiger partial charge in [-0.05, 0) is 60.2 Å². The van der Waals surface area contributed by atoms with E-state index in [0.717, 1.165) is 10.9 Å². The molecule has 0 aliphatic rings. The summed E-state index contributed by atoms with van der Waals surface area (Å²) >= 11 is 0. The molecular formula is C24H18F2N4O. The zero-order chi connectivity index (χ0) is 21.5. The number of carbonyl (C=O) groups is 1. The summed E-state index contributed by atoms with van der Waals surface area (Å²) in [5.74, 6) is -1.07. The second-order valence-corrected chi connectivity index (χ2v) is 7.44. The Bertz CT molecular complexity index is 1450. The molecule has 0 saturated carbocycles. The lowest BCUT2D eigenvalue weighted by atomic mass is 10.2. The van der Waals surface area contributed by atoms with Gasteiger partial charge < -0.3 is 9.88 Å². The first-order valence-corrected chi connectivity index (χ1v) is 9.74. The number of halogens is 2. The van der Waals surface area contributed by atoms with Crippen molar-refractivity contribution in [2.45, 2.75) is 6.54 Å². The average molecular weight is 416 g/mol. The van der Waals surface area contributed by atoms with Crippen LogP contribution in [0.5, 0.6) is 0 Å². The first-order valence-electron chi connectivity index (χ1n) is 9.74. The lowest BCUT2D eigenvalue weighted by molar-refractivity contribution is 0.101. The highest BCUT2D eigenvalue weighted by molar-refractivity contribution is 6.07. The lowest BCUT2D eigenvalue weighted by Gasteiger charge is -2.12. The van der Waals surface area contributed by atoms with Crippen LogP contribution in [0.15, 0.2) is 72.9 Å². The van der Waals surface area contributed by atoms with E-state index in [1.807, 2.05) is 19.2 Å². The van der Waals surface area contributed by atoms with Gasteiger partial charge in [-0.15, -0.1) is 0 Å². The van der Waals surface area contributed by atoms with Gasteiger partial charge in [0, 0.05) is 35.6 Å². The van der Waals surface area contributed by atoms with Gasteiger partial charge in [0.1, 0.15) is 17.3 Å². The van der Waals surface area contributed by atoms with E-state index in [4.69, 9.17) is 0 Å². The summed E-state index contributed by atoms with van der Waals surface area (Å²) in [4.78, 5) is 13.2. The molecule has 5 rings (SSSR count). The van der Waals surface area contributed by atoms with Gasteiger partial charge in [-0.1, -0.05) is 12.1 Å². The van der Waals surface area contributed by atoms with E-state index >= 15 is 0 Å². The fourth-order valence-corrected chi connectivity index (χ4v) is 3.85. The molecule has 1 N–H and O–H groups in total. The van der Waals surface area contributed by atoms with Crippen LogP contribution in [0.3, 0.4) is 0 Å². The highest BCUT2D eigenvalue weighted by atomic mass is 19.1. The summed E-state index contributed by atoms with van der Waals surface area (Å²) in [5, 5.41) is 8.63. The van der Waals surface area contributed by atoms with Crippen LogP contribution in [0.25, 0.3) is 21.8 Å². The Morgan fingerprint density at radius 3 is 2.58 bits per heavy atom. The Hall–Kier alpha value is -4.00. The molecule has 2 aromatic heterocycles. The summed E-state index contributed by atoms with van der Waals surface area (Å²) in [6.45, 7) is 0.275. The third-order valence-corrected chi connectivity index (χ3v) is 5.33. The summed E-state index contributed by atoms with van der Waals surface area (Å²) in [5.41, 5.74) is 3.33. The topological polar surface area (TPSA) is 51.9 Å². The number of nitrogens with zero attached hydrogens (tertiary/aromatic N) is 3. The number of hydrogen-bond acceptors (Lipinski definition) is 2. The minimum absolute atomic E-state index is 0.275. The molecule has 5 nitrogen and oxygen atoms in total. The monoisotopic (exact) mass is 416 g/mol. The van der Waals surface area contributed by atoms with Crippen LogP contribution in [0, 0.1) is 11.6 Å². The van der Waals surface area contributed by atoms with Gasteiger partial charge in [-0.3, -0.25) is 9.48 Å². The minimum Gasteiger partial charge on any atom is -0.332 e. The second-order valence-electron chi connectivity index (χ2n) is 7.44. The largest absolute Gasteiger partial charge is 0.332 e. The molecule has 5 aromatic rings. The van der Waals surface area contributed by atoms with E-state index in [-0.39, 0.29) is 24.1 Å². The van der Waals surface area contributed by atoms with Gasteiger partial charge in [0.05, 0.1) is 11.7 Å². The van der Waals surface area contributed by atoms with Gasteiger partial charge in [0.2, 0.25) is 0 Å². The standard InChI is InChI=1S/C24H18F2N4O/c1-29-21-8-6-20(11-17(21)13-27-29)28-24(31)23-12-16-10-19(26)5-7-22(16)30(23)14-15-3-2-4-18(25)9-15/h2-13H,14H2,1H3,(H,28,31). The number of anilines is 1. The molecule has 154 valence electrons. The first kappa shape index (κ1) is 19.0. The van der Waals surface area contributed by atoms with Crippen molar-refractivity contribution in [2.24, 2.45) is 7.05 Å². The predicted octanol–water partition coefficient (Wildman–Crippen LogP) is 5.11. The molecule has 0 fully saturated rings. The van der Waals surface area contributed by atoms with Crippen molar-refractivity contribution in [1.29, 1.82) is 0 Å². The number of fused-ring (bicyclic) bond motifs is 2. The van der Waals surface area contributed by atoms with Crippen molar-refractivity contribution in [3.8, 4) is 0 Å². The Labute approximate surface area is 176 Å². The van der Waals surface area contributed by atoms with Crippen molar-refractivity contribution in [2.75, 3.05) is 5.32 Å². The third-order valence-electron chi connectivity index (χ3n) is 5.33. The number of benzene rings is 3. The van der Waals surface area contributed by atoms with E-state index in [1.54, 1.807) is 45.8 Å². The molecule has 3 aromatic carbocycles. The molecule has 2 heterocycles. The highest BCUT2D eigenvalue weighted by Gasteiger charge is 2.17. The number of rotatable bonds is 4. The van der Waals surface area contributed by atoms with Crippen molar-refractivity contribution in [3.05, 3.63) is 95.8 Å². The summed E-state index contributed by atoms with van der Waals surface area (Å²) < 4.78 is 31.0. The number of aryl methyl sites for hydroxylation is 1. The van der Waals surface area contributed by atoms with E-state index in [2.05, 4.69) is 10.4 Å². The number of aromatic nitrogens is 3. The number of nitrogens with one attached hydrogen (secondary N) is 1. The fourth-order valence-electron chi connectivity index (χ4n) is 3.85. The molecule has 0 atom stereocenters. The van der Waals surface area contributed by atoms with Crippen LogP contribution in [0.1, 0.15) is 16.1 Å². The normalized spacial score (nSPS) is 11.3. The zero-order valence-corrected chi connectivity index (χ0v) is 16.6. The quantitative estimate of drug-likeness (QED) is 0.443. The molecule has 0 unspecified atom stereocenters. The number of amides is 1. The maximum absolute atomic E-state index is 13.8. The molecule has 0 radical (unpaired) electrons. The highest BCUT2D eigenvalue weighted by Crippen LogP contribution is 2.25. The summed E-state index contributed by atoms with van der Waals surface area (Å²) in [7, 11) is 1.85. The van der Waals surface area contributed by atoms with Crippen LogP contribution >= 0.6 is 0 Å². The lowest BCUT2D eigenvalue weighted by Crippen LogP contribution is -2.17. The fraction of sp³-hybridized carbons (Fsp3) is 0.0833. The van der Waals surface area contributed by atoms with Gasteiger partial charge in [-0.2, -0.15) is 5.10 Å². The molecule has 0 aliphatic heterocycles. The van der Waals surface area contributed by atoms with Gasteiger partial charge >= 0.3 is 0 Å². The van der Waals surface area contributed by atoms with Gasteiger partial charge in [0.15, 0.2) is 0 Å². The predicted molar refractivity (Wildman–Crippen MR) is 116 cm³/mol. The Morgan fingerprint density at radius 1 is 0.935 bits per heavy atom. The van der Waals surface area contributed by atoms with Crippen molar-refractivity contribution >= 4 is 33.4 Å². The Balaban J connectivity index is 1.54. The van der Waals surface area contributed by atoms with Crippen molar-refractivity contribution < 1.29 is 13.6 Å². The van der Waals surface area contributed by atoms with Crippen molar-refractivity contribution in [3.63, 3.8) is 0 Å². The van der Waals surface area contributed by atoms with E-state index < -0.39 is 0 Å². The number of hydrogen-bond donors (Lipinski definition) is 1. The Morgan fingerprint density at radius 2 is 1.74 bits per heavy atom. The minimum atomic E-state index is -0.385. The van der Waals surface area contributed by atoms with E-state index in [1.165, 1.54) is 24.3 Å². The molecule has 0 saturated heterocycles. The van der Waals surface area contributed by atoms with Gasteiger partial charge in [0.25, 0.3) is 5.91 Å². The summed E-state index contributed by atoms with van der Waals surface area (Å²) in [6.07, 6.45) is 1.73. The molecule has 0 bridgehead atoms. The van der Waals surface area contributed by atoms with E-state index in [9.17, 15) is 13.6 Å². The number of carbonyl (C=O) groups excluding carboxylic acids is 1. The maximum Gasteiger partial charge on any atom is 0.272 e. The zero-order valence-electron chi connectivity index (χ0n) is 16.6. The van der Waals surface area contributed by atoms with Gasteiger partial charge in [-0.25, -0.2) is 8.78 Å². The van der Waals surface area contributed by atoms with E-state index in [0.29, 0.717) is 27.8 Å². The first-order chi connectivity index (χ1) is 15.0. The molecule has 7 heteroatoms. The molecular weight excluding hydrogens is 398 g/mol. The SMILES string of the molecule is Cn1ncc2cc(NC(=O)c3cc4cc(F)ccc4n3Cc3cccc(F)c3)ccc21. The Kier molecular flexibility index (Phi) is 4.51. The molecule has 31 heavy (non-hydrogen) atoms. The molecule has 1 amide bonds. The van der Waals surface area contributed by atoms with Crippen molar-refractivity contribution in [1.82, 2.24) is 14.3 Å². The molecule has 0 aliphatic carbocycles. The van der Waals surface area contributed by atoms with Crippen LogP contribution in [-0.4, -0.2) is 20.3 Å². The average Bonchev–Trinajstić information content (AvgIpc) is 3.28. The van der Waals surface area contributed by atoms with Crippen LogP contribution in [0.4, 0.5) is 14.5 Å². The second kappa shape index (κ2) is 7.36. The summed E-state index contributed by atoms with van der Waals surface area (Å²) in [6, 6.07) is 17.8. The smallest absolute Gasteiger partial charge is 0.272 e. The van der Waals surface area contributed by atoms with Crippen LogP contribution in [0.2, 0.25) is 0 Å². The maximum atomic E-state index is 13.8. The van der Waals surface area contributed by atoms with Crippen LogP contribution in [-0.2, 0) is 13.6 Å². The van der Waals surface area contributed by atoms with Crippen LogP contribution < -0.4 is 5.32 Å².